The maximum atomic E-state index is 6.36. The summed E-state index contributed by atoms with van der Waals surface area (Å²) in [5, 5.41) is 4.05. The number of halogens is 2. The lowest BCUT2D eigenvalue weighted by Gasteiger charge is -2.11. The number of methoxy groups -OCH3 is 1. The Balaban J connectivity index is 0.00000261. The Kier molecular flexibility index (Phi) is 8.46. The van der Waals surface area contributed by atoms with E-state index in [1.165, 1.54) is 5.56 Å². The summed E-state index contributed by atoms with van der Waals surface area (Å²) in [5.41, 5.74) is 3.45. The first-order valence-corrected chi connectivity index (χ1v) is 8.91. The minimum atomic E-state index is 0. The highest BCUT2D eigenvalue weighted by Crippen LogP contribution is 2.26. The lowest BCUT2D eigenvalue weighted by atomic mass is 10.2. The van der Waals surface area contributed by atoms with E-state index in [0.29, 0.717) is 17.4 Å². The van der Waals surface area contributed by atoms with Gasteiger partial charge in [0.25, 0.3) is 0 Å². The molecule has 1 N–H and O–H groups in total. The van der Waals surface area contributed by atoms with E-state index in [1.807, 2.05) is 60.7 Å². The number of ether oxygens (including phenoxy) is 2. The zero-order valence-electron chi connectivity index (χ0n) is 15.2. The van der Waals surface area contributed by atoms with Crippen LogP contribution in [0.15, 0.2) is 72.8 Å². The van der Waals surface area contributed by atoms with Crippen LogP contribution < -0.4 is 14.8 Å². The second kappa shape index (κ2) is 10.8. The fraction of sp³-hybridized carbons (Fsp3) is 0.182. The van der Waals surface area contributed by atoms with E-state index in [0.717, 1.165) is 30.0 Å². The summed E-state index contributed by atoms with van der Waals surface area (Å²) in [6.45, 7) is 2.04. The molecule has 0 unspecified atom stereocenters. The highest BCUT2D eigenvalue weighted by atomic mass is 35.5. The Labute approximate surface area is 171 Å². The molecular weight excluding hydrogens is 381 g/mol. The van der Waals surface area contributed by atoms with Gasteiger partial charge in [0.2, 0.25) is 0 Å². The predicted molar refractivity (Wildman–Crippen MR) is 113 cm³/mol. The molecule has 27 heavy (non-hydrogen) atoms. The van der Waals surface area contributed by atoms with E-state index in [2.05, 4.69) is 17.4 Å². The topological polar surface area (TPSA) is 30.5 Å². The third-order valence-electron chi connectivity index (χ3n) is 4.05. The van der Waals surface area contributed by atoms with Crippen LogP contribution in [-0.2, 0) is 19.7 Å². The number of hydrogen-bond acceptors (Lipinski definition) is 3. The molecule has 0 spiro atoms. The molecule has 3 nitrogen and oxygen atoms in total. The molecule has 3 rings (SSSR count). The Morgan fingerprint density at radius 1 is 0.815 bits per heavy atom. The van der Waals surface area contributed by atoms with Gasteiger partial charge < -0.3 is 14.8 Å². The number of rotatable bonds is 8. The molecule has 0 aliphatic heterocycles. The summed E-state index contributed by atoms with van der Waals surface area (Å²) in [4.78, 5) is 0. The summed E-state index contributed by atoms with van der Waals surface area (Å²) in [6.07, 6.45) is 0. The average Bonchev–Trinajstić information content (AvgIpc) is 2.69. The van der Waals surface area contributed by atoms with Crippen molar-refractivity contribution in [2.45, 2.75) is 19.7 Å². The second-order valence-corrected chi connectivity index (χ2v) is 6.40. The van der Waals surface area contributed by atoms with Gasteiger partial charge in [-0.1, -0.05) is 60.1 Å². The van der Waals surface area contributed by atoms with Crippen LogP contribution in [0.3, 0.4) is 0 Å². The molecule has 0 atom stereocenters. The van der Waals surface area contributed by atoms with Gasteiger partial charge in [-0.3, -0.25) is 0 Å². The van der Waals surface area contributed by atoms with Crippen LogP contribution in [0, 0.1) is 0 Å². The van der Waals surface area contributed by atoms with Crippen LogP contribution in [0.25, 0.3) is 0 Å². The Morgan fingerprint density at radius 2 is 1.48 bits per heavy atom. The molecule has 5 heteroatoms. The van der Waals surface area contributed by atoms with Crippen molar-refractivity contribution in [1.82, 2.24) is 5.32 Å². The molecule has 0 heterocycles. The number of hydrogen-bond donors (Lipinski definition) is 1. The monoisotopic (exact) mass is 403 g/mol. The summed E-state index contributed by atoms with van der Waals surface area (Å²) in [6, 6.07) is 24.0. The molecule has 0 aliphatic rings. The van der Waals surface area contributed by atoms with Gasteiger partial charge in [-0.2, -0.15) is 0 Å². The molecule has 0 amide bonds. The number of nitrogens with one attached hydrogen (secondary N) is 1. The minimum absolute atomic E-state index is 0. The van der Waals surface area contributed by atoms with Crippen molar-refractivity contribution in [2.24, 2.45) is 0 Å². The van der Waals surface area contributed by atoms with Crippen molar-refractivity contribution in [3.63, 3.8) is 0 Å². The first-order chi connectivity index (χ1) is 12.7. The Morgan fingerprint density at radius 3 is 2.15 bits per heavy atom. The van der Waals surface area contributed by atoms with Gasteiger partial charge in [0.15, 0.2) is 0 Å². The first kappa shape index (κ1) is 21.1. The van der Waals surface area contributed by atoms with Crippen molar-refractivity contribution in [2.75, 3.05) is 7.11 Å². The van der Waals surface area contributed by atoms with Gasteiger partial charge in [0, 0.05) is 13.1 Å². The second-order valence-electron chi connectivity index (χ2n) is 5.99. The quantitative estimate of drug-likeness (QED) is 0.527. The Hall–Kier alpha value is -2.20. The molecular formula is C22H23Cl2NO2. The van der Waals surface area contributed by atoms with E-state index >= 15 is 0 Å². The Bertz CT molecular complexity index is 823. The third-order valence-corrected chi connectivity index (χ3v) is 4.35. The van der Waals surface area contributed by atoms with Crippen LogP contribution >= 0.6 is 24.0 Å². The highest BCUT2D eigenvalue weighted by Gasteiger charge is 2.04. The maximum absolute atomic E-state index is 6.36. The van der Waals surface area contributed by atoms with Crippen molar-refractivity contribution in [1.29, 1.82) is 0 Å². The first-order valence-electron chi connectivity index (χ1n) is 8.53. The lowest BCUT2D eigenvalue weighted by molar-refractivity contribution is 0.306. The molecule has 142 valence electrons. The molecule has 0 bridgehead atoms. The van der Waals surface area contributed by atoms with E-state index in [9.17, 15) is 0 Å². The van der Waals surface area contributed by atoms with Gasteiger partial charge in [-0.05, 0) is 41.0 Å². The van der Waals surface area contributed by atoms with Crippen LogP contribution in [-0.4, -0.2) is 7.11 Å². The molecule has 0 fully saturated rings. The van der Waals surface area contributed by atoms with Gasteiger partial charge in [-0.15, -0.1) is 12.4 Å². The molecule has 0 saturated carbocycles. The van der Waals surface area contributed by atoms with Crippen LogP contribution in [0.4, 0.5) is 0 Å². The van der Waals surface area contributed by atoms with E-state index in [1.54, 1.807) is 7.11 Å². The minimum Gasteiger partial charge on any atom is -0.497 e. The summed E-state index contributed by atoms with van der Waals surface area (Å²) in [5.74, 6) is 1.57. The van der Waals surface area contributed by atoms with Crippen LogP contribution in [0.1, 0.15) is 16.7 Å². The zero-order valence-corrected chi connectivity index (χ0v) is 16.7. The number of benzene rings is 3. The SMILES string of the molecule is COc1ccc(CNCc2ccc(OCc3ccccc3)c(Cl)c2)cc1.Cl. The fourth-order valence-electron chi connectivity index (χ4n) is 2.60. The molecule has 3 aromatic rings. The van der Waals surface area contributed by atoms with Crippen molar-refractivity contribution >= 4 is 24.0 Å². The largest absolute Gasteiger partial charge is 0.497 e. The highest BCUT2D eigenvalue weighted by molar-refractivity contribution is 6.32. The van der Waals surface area contributed by atoms with E-state index in [4.69, 9.17) is 21.1 Å². The van der Waals surface area contributed by atoms with Crippen molar-refractivity contribution < 1.29 is 9.47 Å². The fourth-order valence-corrected chi connectivity index (χ4v) is 2.86. The summed E-state index contributed by atoms with van der Waals surface area (Å²) < 4.78 is 11.0. The average molecular weight is 404 g/mol. The smallest absolute Gasteiger partial charge is 0.138 e. The molecule has 0 radical (unpaired) electrons. The normalized spacial score (nSPS) is 10.1. The molecule has 0 aromatic heterocycles. The van der Waals surface area contributed by atoms with Crippen LogP contribution in [0.2, 0.25) is 5.02 Å². The standard InChI is InChI=1S/C22H22ClNO2.ClH/c1-25-20-10-7-17(8-11-20)14-24-15-19-9-12-22(21(23)13-19)26-16-18-5-3-2-4-6-18;/h2-13,24H,14-16H2,1H3;1H. The van der Waals surface area contributed by atoms with E-state index in [-0.39, 0.29) is 12.4 Å². The lowest BCUT2D eigenvalue weighted by Crippen LogP contribution is -2.12. The summed E-state index contributed by atoms with van der Waals surface area (Å²) >= 11 is 6.36. The maximum Gasteiger partial charge on any atom is 0.138 e. The zero-order chi connectivity index (χ0) is 18.2. The van der Waals surface area contributed by atoms with Crippen LogP contribution in [0.5, 0.6) is 11.5 Å². The van der Waals surface area contributed by atoms with Gasteiger partial charge in [0.1, 0.15) is 18.1 Å². The van der Waals surface area contributed by atoms with Crippen molar-refractivity contribution in [3.8, 4) is 11.5 Å². The van der Waals surface area contributed by atoms with Gasteiger partial charge in [0.05, 0.1) is 12.1 Å². The van der Waals surface area contributed by atoms with Crippen molar-refractivity contribution in [3.05, 3.63) is 94.5 Å². The molecule has 0 aliphatic carbocycles. The third kappa shape index (κ3) is 6.47. The van der Waals surface area contributed by atoms with Gasteiger partial charge >= 0.3 is 0 Å². The summed E-state index contributed by atoms with van der Waals surface area (Å²) in [7, 11) is 1.67. The predicted octanol–water partition coefficient (Wildman–Crippen LogP) is 5.64. The van der Waals surface area contributed by atoms with E-state index < -0.39 is 0 Å². The van der Waals surface area contributed by atoms with Gasteiger partial charge in [-0.25, -0.2) is 0 Å². The molecule has 3 aromatic carbocycles. The molecule has 0 saturated heterocycles.